The molecule has 0 radical (unpaired) electrons. The highest BCUT2D eigenvalue weighted by Gasteiger charge is 1.99. The van der Waals surface area contributed by atoms with Crippen LogP contribution in [-0.4, -0.2) is 17.0 Å². The van der Waals surface area contributed by atoms with Crippen LogP contribution in [0.3, 0.4) is 0 Å². The van der Waals surface area contributed by atoms with Gasteiger partial charge < -0.3 is 5.11 Å². The molecule has 1 atom stereocenters. The first-order valence-corrected chi connectivity index (χ1v) is 8.73. The van der Waals surface area contributed by atoms with Gasteiger partial charge in [-0.05, 0) is 6.42 Å². The Balaban J connectivity index is 2.94. The van der Waals surface area contributed by atoms with Gasteiger partial charge in [-0.15, -0.1) is 0 Å². The zero-order valence-electron chi connectivity index (χ0n) is 12.4. The summed E-state index contributed by atoms with van der Waals surface area (Å²) in [5.74, 6) is 0.609. The number of rotatable bonds is 14. The van der Waals surface area contributed by atoms with Gasteiger partial charge in [-0.1, -0.05) is 84.0 Å². The first-order valence-electron chi connectivity index (χ1n) is 8.10. The molecule has 0 aliphatic rings. The van der Waals surface area contributed by atoms with Crippen LogP contribution in [0.4, 0.5) is 0 Å². The molecule has 110 valence electrons. The monoisotopic (exact) mass is 274 g/mol. The first-order chi connectivity index (χ1) is 8.81. The average Bonchev–Trinajstić information content (AvgIpc) is 2.39. The van der Waals surface area contributed by atoms with E-state index in [1.807, 2.05) is 0 Å². The quantitative estimate of drug-likeness (QED) is 0.322. The minimum absolute atomic E-state index is 0.184. The highest BCUT2D eigenvalue weighted by molar-refractivity contribution is 7.80. The van der Waals surface area contributed by atoms with E-state index in [1.165, 1.54) is 77.0 Å². The molecule has 0 aliphatic heterocycles. The minimum atomic E-state index is -0.184. The van der Waals surface area contributed by atoms with E-state index in [0.717, 1.165) is 6.42 Å². The van der Waals surface area contributed by atoms with E-state index >= 15 is 0 Å². The van der Waals surface area contributed by atoms with Crippen LogP contribution in [0, 0.1) is 0 Å². The third-order valence-corrected chi connectivity index (χ3v) is 4.02. The second-order valence-corrected chi connectivity index (χ2v) is 5.88. The van der Waals surface area contributed by atoms with Gasteiger partial charge in [0.15, 0.2) is 0 Å². The summed E-state index contributed by atoms with van der Waals surface area (Å²) in [6.07, 6.45) is 17.3. The van der Waals surface area contributed by atoms with Crippen LogP contribution in [-0.2, 0) is 0 Å². The molecule has 1 nitrogen and oxygen atoms in total. The Morgan fingerprint density at radius 1 is 0.722 bits per heavy atom. The number of unbranched alkanes of at least 4 members (excludes halogenated alkanes) is 11. The van der Waals surface area contributed by atoms with Crippen molar-refractivity contribution < 1.29 is 5.11 Å². The number of aliphatic hydroxyl groups is 1. The molecular weight excluding hydrogens is 240 g/mol. The first kappa shape index (κ1) is 18.3. The molecule has 18 heavy (non-hydrogen) atoms. The van der Waals surface area contributed by atoms with E-state index in [2.05, 4.69) is 19.6 Å². The van der Waals surface area contributed by atoms with Crippen LogP contribution in [0.1, 0.15) is 90.4 Å². The predicted molar refractivity (Wildman–Crippen MR) is 85.6 cm³/mol. The van der Waals surface area contributed by atoms with E-state index < -0.39 is 0 Å². The molecule has 0 aromatic heterocycles. The number of thiol groups is 1. The predicted octanol–water partition coefficient (Wildman–Crippen LogP) is 5.37. The Morgan fingerprint density at radius 3 is 1.50 bits per heavy atom. The average molecular weight is 275 g/mol. The molecule has 0 amide bonds. The standard InChI is InChI=1S/C16H34OS/c1-2-3-4-5-6-7-8-9-10-11-12-13-14-16(17)15-18/h16-18H,2-15H2,1H3. The Bertz CT molecular complexity index is 150. The lowest BCUT2D eigenvalue weighted by atomic mass is 10.0. The second kappa shape index (κ2) is 15.4. The zero-order chi connectivity index (χ0) is 13.5. The van der Waals surface area contributed by atoms with Crippen LogP contribution in [0.2, 0.25) is 0 Å². The summed E-state index contributed by atoms with van der Waals surface area (Å²) in [5.41, 5.74) is 0. The molecule has 0 saturated carbocycles. The fourth-order valence-electron chi connectivity index (χ4n) is 2.31. The number of hydrogen-bond acceptors (Lipinski definition) is 2. The molecule has 2 heteroatoms. The molecule has 0 fully saturated rings. The van der Waals surface area contributed by atoms with Gasteiger partial charge >= 0.3 is 0 Å². The molecule has 0 bridgehead atoms. The lowest BCUT2D eigenvalue weighted by Gasteiger charge is -2.06. The Labute approximate surface area is 120 Å². The van der Waals surface area contributed by atoms with E-state index in [4.69, 9.17) is 0 Å². The third-order valence-electron chi connectivity index (χ3n) is 3.60. The third kappa shape index (κ3) is 14.4. The number of hydrogen-bond donors (Lipinski definition) is 2. The van der Waals surface area contributed by atoms with Gasteiger partial charge in [0.2, 0.25) is 0 Å². The largest absolute Gasteiger partial charge is 0.392 e. The summed E-state index contributed by atoms with van der Waals surface area (Å²) in [4.78, 5) is 0. The van der Waals surface area contributed by atoms with Crippen molar-refractivity contribution in [3.63, 3.8) is 0 Å². The van der Waals surface area contributed by atoms with Gasteiger partial charge in [0, 0.05) is 5.75 Å². The van der Waals surface area contributed by atoms with Crippen LogP contribution < -0.4 is 0 Å². The van der Waals surface area contributed by atoms with Crippen LogP contribution in [0.15, 0.2) is 0 Å². The molecule has 0 aromatic carbocycles. The van der Waals surface area contributed by atoms with Crippen molar-refractivity contribution in [1.82, 2.24) is 0 Å². The summed E-state index contributed by atoms with van der Waals surface area (Å²) < 4.78 is 0. The molecule has 1 N–H and O–H groups in total. The molecule has 0 aliphatic carbocycles. The van der Waals surface area contributed by atoms with Crippen molar-refractivity contribution in [2.45, 2.75) is 96.5 Å². The highest BCUT2D eigenvalue weighted by Crippen LogP contribution is 2.13. The van der Waals surface area contributed by atoms with E-state index in [0.29, 0.717) is 5.75 Å². The van der Waals surface area contributed by atoms with Crippen molar-refractivity contribution in [3.05, 3.63) is 0 Å². The normalized spacial score (nSPS) is 12.8. The number of aliphatic hydroxyl groups excluding tert-OH is 1. The highest BCUT2D eigenvalue weighted by atomic mass is 32.1. The maximum Gasteiger partial charge on any atom is 0.0628 e. The van der Waals surface area contributed by atoms with Gasteiger partial charge in [-0.25, -0.2) is 0 Å². The smallest absolute Gasteiger partial charge is 0.0628 e. The molecule has 0 saturated heterocycles. The van der Waals surface area contributed by atoms with Gasteiger partial charge in [0.25, 0.3) is 0 Å². The summed E-state index contributed by atoms with van der Waals surface area (Å²) in [6.45, 7) is 2.27. The Morgan fingerprint density at radius 2 is 1.11 bits per heavy atom. The van der Waals surface area contributed by atoms with Crippen molar-refractivity contribution in [3.8, 4) is 0 Å². The fourth-order valence-corrected chi connectivity index (χ4v) is 2.49. The maximum atomic E-state index is 9.34. The van der Waals surface area contributed by atoms with Crippen LogP contribution in [0.5, 0.6) is 0 Å². The van der Waals surface area contributed by atoms with Crippen molar-refractivity contribution >= 4 is 12.6 Å². The molecule has 0 heterocycles. The van der Waals surface area contributed by atoms with Crippen LogP contribution >= 0.6 is 12.6 Å². The van der Waals surface area contributed by atoms with Gasteiger partial charge in [-0.3, -0.25) is 0 Å². The van der Waals surface area contributed by atoms with Gasteiger partial charge in [0.1, 0.15) is 0 Å². The van der Waals surface area contributed by atoms with Crippen molar-refractivity contribution in [2.24, 2.45) is 0 Å². The summed E-state index contributed by atoms with van der Waals surface area (Å²) >= 11 is 4.08. The van der Waals surface area contributed by atoms with E-state index in [9.17, 15) is 5.11 Å². The molecule has 0 aromatic rings. The second-order valence-electron chi connectivity index (χ2n) is 5.51. The van der Waals surface area contributed by atoms with Gasteiger partial charge in [-0.2, -0.15) is 12.6 Å². The summed E-state index contributed by atoms with van der Waals surface area (Å²) in [6, 6.07) is 0. The molecule has 1 unspecified atom stereocenters. The lowest BCUT2D eigenvalue weighted by molar-refractivity contribution is 0.185. The van der Waals surface area contributed by atoms with E-state index in [-0.39, 0.29) is 6.10 Å². The van der Waals surface area contributed by atoms with Crippen molar-refractivity contribution in [2.75, 3.05) is 5.75 Å². The van der Waals surface area contributed by atoms with Crippen LogP contribution in [0.25, 0.3) is 0 Å². The maximum absolute atomic E-state index is 9.34. The van der Waals surface area contributed by atoms with Crippen molar-refractivity contribution in [1.29, 1.82) is 0 Å². The zero-order valence-corrected chi connectivity index (χ0v) is 13.3. The molecular formula is C16H34OS. The fraction of sp³-hybridized carbons (Fsp3) is 1.00. The minimum Gasteiger partial charge on any atom is -0.392 e. The molecule has 0 rings (SSSR count). The lowest BCUT2D eigenvalue weighted by Crippen LogP contribution is -2.07. The topological polar surface area (TPSA) is 20.2 Å². The Kier molecular flexibility index (Phi) is 15.6. The Hall–Kier alpha value is 0.310. The molecule has 0 spiro atoms. The summed E-state index contributed by atoms with van der Waals surface area (Å²) in [7, 11) is 0. The van der Waals surface area contributed by atoms with E-state index in [1.54, 1.807) is 0 Å². The van der Waals surface area contributed by atoms with Gasteiger partial charge in [0.05, 0.1) is 6.10 Å². The summed E-state index contributed by atoms with van der Waals surface area (Å²) in [5, 5.41) is 9.34. The SMILES string of the molecule is CCCCCCCCCCCCCCC(O)CS.